The first kappa shape index (κ1) is 46.2. The highest BCUT2D eigenvalue weighted by molar-refractivity contribution is 7.88. The zero-order valence-corrected chi connectivity index (χ0v) is 40.9. The zero-order valence-electron chi connectivity index (χ0n) is 41.7. The number of phenolic OH excluding ortho intramolecular Hbond substituents is 2. The van der Waals surface area contributed by atoms with Crippen molar-refractivity contribution in [1.29, 1.82) is 0 Å². The van der Waals surface area contributed by atoms with E-state index in [2.05, 4.69) is 21.5 Å². The number of benzene rings is 2. The van der Waals surface area contributed by atoms with E-state index in [4.69, 9.17) is 40.3 Å². The summed E-state index contributed by atoms with van der Waals surface area (Å²) in [6, 6.07) is 3.46. The molecule has 2 aliphatic carbocycles. The van der Waals surface area contributed by atoms with Gasteiger partial charge in [0.25, 0.3) is 0 Å². The average Bonchev–Trinajstić information content (AvgIpc) is 3.11. The minimum absolute atomic E-state index is 0.0987. The van der Waals surface area contributed by atoms with Crippen molar-refractivity contribution in [3.05, 3.63) is 83.0 Å². The summed E-state index contributed by atoms with van der Waals surface area (Å²) in [5.74, 6) is -4.79. The van der Waals surface area contributed by atoms with Crippen LogP contribution < -0.4 is 17.2 Å². The summed E-state index contributed by atoms with van der Waals surface area (Å²) >= 11 is 9.53. The Kier molecular flexibility index (Phi) is 15.7. The monoisotopic (exact) mass is 1020 g/mol. The number of allylic oxidation sites excluding steroid dienone is 6. The van der Waals surface area contributed by atoms with Gasteiger partial charge in [-0.15, -0.1) is 23.2 Å². The van der Waals surface area contributed by atoms with E-state index in [1.807, 2.05) is 46.2 Å². The van der Waals surface area contributed by atoms with Crippen LogP contribution in [0.2, 0.25) is 39.3 Å². The van der Waals surface area contributed by atoms with Gasteiger partial charge in [0.15, 0.2) is 0 Å². The first-order chi connectivity index (χ1) is 30.9. The standard InChI is InChI=1S/C23H35F3O5SSi2.C17H19F3O5S.CH2Cl2/c1-15(2)18-11-10-16(3)12-19(18)22-20(30-33(4,5)6)13-17(14-21(22)31-34(7,8)9)29-32(27,28)23(24,25)26;1-9(2)12-5-4-10(3)6-13(12)16-14(21)7-11(8-15(16)22)25-26(23,24)17(18,19)20;2-1-3/h12-14,18-19H,1,10-11H2,2-9H3;6-8,12-13,21-22H,1,4-5H2,2-3H3;1H2/t18-,19+;12-,13+;/m00./s1/i2*3D3;. The van der Waals surface area contributed by atoms with Gasteiger partial charge >= 0.3 is 31.3 Å². The molecule has 0 amide bonds. The van der Waals surface area contributed by atoms with Crippen LogP contribution >= 0.6 is 23.2 Å². The molecule has 356 valence electrons. The molecule has 0 radical (unpaired) electrons. The van der Waals surface area contributed by atoms with Crippen LogP contribution in [0.4, 0.5) is 26.3 Å². The lowest BCUT2D eigenvalue weighted by atomic mass is 9.74. The maximum Gasteiger partial charge on any atom is 0.534 e. The molecule has 4 atom stereocenters. The van der Waals surface area contributed by atoms with Gasteiger partial charge in [-0.2, -0.15) is 43.2 Å². The lowest BCUT2D eigenvalue weighted by Gasteiger charge is -2.35. The van der Waals surface area contributed by atoms with E-state index in [0.29, 0.717) is 42.5 Å². The Morgan fingerprint density at radius 3 is 1.30 bits per heavy atom. The molecular weight excluding hydrogens is 958 g/mol. The first-order valence-electron chi connectivity index (χ1n) is 21.9. The molecule has 2 N–H and O–H groups in total. The van der Waals surface area contributed by atoms with Crippen molar-refractivity contribution < 1.29 is 78.8 Å². The van der Waals surface area contributed by atoms with Crippen LogP contribution in [0.5, 0.6) is 34.5 Å². The molecule has 0 saturated carbocycles. The molecule has 2 aromatic rings. The van der Waals surface area contributed by atoms with Gasteiger partial charge < -0.3 is 27.4 Å². The predicted octanol–water partition coefficient (Wildman–Crippen LogP) is 13.1. The molecular formula is C41H56Cl2F6O10S2Si2. The lowest BCUT2D eigenvalue weighted by Crippen LogP contribution is -2.33. The van der Waals surface area contributed by atoms with Gasteiger partial charge in [-0.25, -0.2) is 0 Å². The minimum Gasteiger partial charge on any atom is -0.544 e. The van der Waals surface area contributed by atoms with Crippen molar-refractivity contribution in [2.24, 2.45) is 11.8 Å². The molecule has 0 saturated heterocycles. The highest BCUT2D eigenvalue weighted by atomic mass is 35.5. The molecule has 10 nitrogen and oxygen atoms in total. The minimum atomic E-state index is -6.00. The zero-order chi connectivity index (χ0) is 53.8. The van der Waals surface area contributed by atoms with Crippen LogP contribution in [-0.4, -0.2) is 60.0 Å². The molecule has 22 heteroatoms. The Morgan fingerprint density at radius 2 is 1.02 bits per heavy atom. The summed E-state index contributed by atoms with van der Waals surface area (Å²) in [4.78, 5) is 0. The predicted molar refractivity (Wildman–Crippen MR) is 240 cm³/mol. The number of hydrogen-bond donors (Lipinski definition) is 2. The average molecular weight is 1020 g/mol. The quantitative estimate of drug-likeness (QED) is 0.0526. The fraction of sp³-hybridized carbons (Fsp3) is 0.512. The van der Waals surface area contributed by atoms with E-state index in [1.54, 1.807) is 13.0 Å². The number of rotatable bonds is 12. The highest BCUT2D eigenvalue weighted by Crippen LogP contribution is 2.50. The Labute approximate surface area is 387 Å². The van der Waals surface area contributed by atoms with Crippen LogP contribution in [0, 0.1) is 11.8 Å². The first-order valence-corrected chi connectivity index (χ1v) is 29.6. The van der Waals surface area contributed by atoms with Gasteiger partial charge in [-0.3, -0.25) is 0 Å². The van der Waals surface area contributed by atoms with E-state index in [9.17, 15) is 53.4 Å². The molecule has 2 aliphatic rings. The molecule has 0 fully saturated rings. The maximum atomic E-state index is 13.1. The Hall–Kier alpha value is -3.31. The molecule has 2 aromatic carbocycles. The second kappa shape index (κ2) is 21.3. The second-order valence-electron chi connectivity index (χ2n) is 16.6. The van der Waals surface area contributed by atoms with Gasteiger partial charge in [0, 0.05) is 55.5 Å². The van der Waals surface area contributed by atoms with Crippen LogP contribution in [-0.2, 0) is 20.2 Å². The van der Waals surface area contributed by atoms with E-state index in [0.717, 1.165) is 17.7 Å². The van der Waals surface area contributed by atoms with Gasteiger partial charge in [0.2, 0.25) is 16.6 Å². The molecule has 0 bridgehead atoms. The number of hydrogen-bond acceptors (Lipinski definition) is 10. The van der Waals surface area contributed by atoms with Gasteiger partial charge in [-0.1, -0.05) is 47.6 Å². The van der Waals surface area contributed by atoms with Crippen molar-refractivity contribution in [3.63, 3.8) is 0 Å². The maximum absolute atomic E-state index is 13.1. The van der Waals surface area contributed by atoms with Gasteiger partial charge in [-0.05, 0) is 104 Å². The van der Waals surface area contributed by atoms with E-state index < -0.39 is 96.4 Å². The van der Waals surface area contributed by atoms with Crippen molar-refractivity contribution in [1.82, 2.24) is 0 Å². The van der Waals surface area contributed by atoms with Crippen LogP contribution in [0.1, 0.15) is 84.4 Å². The second-order valence-corrected chi connectivity index (χ2v) is 29.4. The summed E-state index contributed by atoms with van der Waals surface area (Å²) in [5, 5.41) is 20.8. The van der Waals surface area contributed by atoms with Crippen LogP contribution in [0.15, 0.2) is 71.9 Å². The Morgan fingerprint density at radius 1 is 0.698 bits per heavy atom. The van der Waals surface area contributed by atoms with Crippen molar-refractivity contribution in [2.75, 3.05) is 5.34 Å². The molecule has 0 spiro atoms. The summed E-state index contributed by atoms with van der Waals surface area (Å²) in [6.45, 7) is 17.9. The van der Waals surface area contributed by atoms with Crippen molar-refractivity contribution in [3.8, 4) is 34.5 Å². The van der Waals surface area contributed by atoms with Crippen LogP contribution in [0.3, 0.4) is 0 Å². The Balaban J connectivity index is 0.000000459. The van der Waals surface area contributed by atoms with Gasteiger partial charge in [0.1, 0.15) is 34.5 Å². The van der Waals surface area contributed by atoms with E-state index in [-0.39, 0.29) is 51.8 Å². The summed E-state index contributed by atoms with van der Waals surface area (Å²) in [6.07, 6.45) is 4.46. The molecule has 0 aromatic heterocycles. The molecule has 0 aliphatic heterocycles. The fourth-order valence-corrected chi connectivity index (χ4v) is 9.15. The molecule has 4 rings (SSSR count). The largest absolute Gasteiger partial charge is 0.544 e. The fourth-order valence-electron chi connectivity index (χ4n) is 6.61. The molecule has 0 heterocycles. The van der Waals surface area contributed by atoms with Crippen molar-refractivity contribution in [2.45, 2.75) is 115 Å². The highest BCUT2D eigenvalue weighted by Gasteiger charge is 2.50. The topological polar surface area (TPSA) is 146 Å². The number of halogens is 8. The Bertz CT molecular complexity index is 2430. The number of alkyl halides is 8. The summed E-state index contributed by atoms with van der Waals surface area (Å²) in [7, 11) is -16.8. The van der Waals surface area contributed by atoms with E-state index in [1.165, 1.54) is 6.08 Å². The smallest absolute Gasteiger partial charge is 0.534 e. The van der Waals surface area contributed by atoms with Crippen molar-refractivity contribution >= 4 is 60.1 Å². The summed E-state index contributed by atoms with van der Waals surface area (Å²) in [5.41, 5.74) is -9.23. The summed E-state index contributed by atoms with van der Waals surface area (Å²) < 4.78 is 190. The normalized spacial score (nSPS) is 21.6. The van der Waals surface area contributed by atoms with Gasteiger partial charge in [0.05, 0.1) is 5.34 Å². The third kappa shape index (κ3) is 16.0. The van der Waals surface area contributed by atoms with Crippen LogP contribution in [0.25, 0.3) is 0 Å². The third-order valence-electron chi connectivity index (χ3n) is 9.01. The lowest BCUT2D eigenvalue weighted by molar-refractivity contribution is -0.0504. The third-order valence-corrected chi connectivity index (χ3v) is 12.6. The number of aromatic hydroxyl groups is 2. The molecule has 63 heavy (non-hydrogen) atoms. The van der Waals surface area contributed by atoms with E-state index >= 15 is 0 Å². The SMILES string of the molecule is ClCCl.[2H]C([2H])([2H])C1=C[C@@H](c2c(O)cc(OS(=O)(=O)C(F)(F)F)cc2O)[C@H](C(=C)C)CC1.[2H]C([2H])([2H])C1=C[C@@H](c2c(O[Si](C)(C)C)cc(OS(=O)(=O)C(F)(F)F)cc2O[Si](C)(C)C)[C@H](C(=C)C)CC1. The number of phenols is 2. The molecule has 0 unspecified atom stereocenters.